The van der Waals surface area contributed by atoms with E-state index in [4.69, 9.17) is 4.74 Å². The number of hydrogen-bond acceptors (Lipinski definition) is 4. The number of likely N-dealkylation sites (tertiary alicyclic amines) is 1. The molecule has 2 heterocycles. The summed E-state index contributed by atoms with van der Waals surface area (Å²) in [7, 11) is 0. The summed E-state index contributed by atoms with van der Waals surface area (Å²) in [6.45, 7) is 2.17. The Morgan fingerprint density at radius 2 is 2.10 bits per heavy atom. The first kappa shape index (κ1) is 20.1. The van der Waals surface area contributed by atoms with Crippen LogP contribution in [-0.4, -0.2) is 40.8 Å². The molecule has 1 aliphatic heterocycles. The minimum atomic E-state index is -0.123. The fourth-order valence-electron chi connectivity index (χ4n) is 3.85. The summed E-state index contributed by atoms with van der Waals surface area (Å²) in [5.41, 5.74) is 2.51. The fourth-order valence-corrected chi connectivity index (χ4v) is 3.85. The first-order valence-corrected chi connectivity index (χ1v) is 10.7. The molecule has 1 fully saturated rings. The van der Waals surface area contributed by atoms with Crippen molar-refractivity contribution < 1.29 is 9.53 Å². The number of aromatic nitrogens is 2. The highest BCUT2D eigenvalue weighted by molar-refractivity contribution is 5.88. The highest BCUT2D eigenvalue weighted by Gasteiger charge is 2.19. The molecular weight excluding hydrogens is 376 g/mol. The molecule has 2 aliphatic rings. The number of ether oxygens (including phenoxy) is 1. The van der Waals surface area contributed by atoms with Crippen LogP contribution in [0.5, 0.6) is 5.75 Å². The van der Waals surface area contributed by atoms with Gasteiger partial charge in [-0.3, -0.25) is 5.32 Å². The molecule has 1 atom stereocenters. The third kappa shape index (κ3) is 5.69. The summed E-state index contributed by atoms with van der Waals surface area (Å²) in [4.78, 5) is 14.2. The van der Waals surface area contributed by atoms with Crippen LogP contribution < -0.4 is 10.1 Å². The SMILES string of the molecule is O=C(Nc1cccnn1)N1CCC(=Cc2cccc(OCC3CC=CCC3)c2)CC1. The predicted octanol–water partition coefficient (Wildman–Crippen LogP) is 4.92. The Balaban J connectivity index is 1.28. The van der Waals surface area contributed by atoms with Crippen molar-refractivity contribution in [3.05, 3.63) is 65.9 Å². The summed E-state index contributed by atoms with van der Waals surface area (Å²) < 4.78 is 6.05. The number of carbonyl (C=O) groups is 1. The van der Waals surface area contributed by atoms with Gasteiger partial charge in [-0.25, -0.2) is 4.79 Å². The predicted molar refractivity (Wildman–Crippen MR) is 118 cm³/mol. The summed E-state index contributed by atoms with van der Waals surface area (Å²) in [6.07, 6.45) is 13.6. The van der Waals surface area contributed by atoms with Crippen molar-refractivity contribution in [2.45, 2.75) is 32.1 Å². The zero-order valence-corrected chi connectivity index (χ0v) is 17.2. The molecule has 0 bridgehead atoms. The van der Waals surface area contributed by atoms with E-state index in [0.717, 1.165) is 43.6 Å². The van der Waals surface area contributed by atoms with Crippen LogP contribution in [0.1, 0.15) is 37.7 Å². The first-order valence-electron chi connectivity index (χ1n) is 10.7. The van der Waals surface area contributed by atoms with Crippen LogP contribution in [0.2, 0.25) is 0 Å². The second-order valence-electron chi connectivity index (χ2n) is 7.86. The van der Waals surface area contributed by atoms with Crippen molar-refractivity contribution in [1.82, 2.24) is 15.1 Å². The molecule has 30 heavy (non-hydrogen) atoms. The monoisotopic (exact) mass is 404 g/mol. The van der Waals surface area contributed by atoms with E-state index >= 15 is 0 Å². The zero-order chi connectivity index (χ0) is 20.6. The molecule has 2 amide bonds. The third-order valence-electron chi connectivity index (χ3n) is 5.59. The number of nitrogens with zero attached hydrogens (tertiary/aromatic N) is 3. The lowest BCUT2D eigenvalue weighted by molar-refractivity contribution is 0.207. The highest BCUT2D eigenvalue weighted by atomic mass is 16.5. The van der Waals surface area contributed by atoms with Crippen LogP contribution in [0.4, 0.5) is 10.6 Å². The normalized spacial score (nSPS) is 18.7. The van der Waals surface area contributed by atoms with Crippen molar-refractivity contribution in [2.24, 2.45) is 5.92 Å². The molecule has 1 aromatic heterocycles. The van der Waals surface area contributed by atoms with Gasteiger partial charge in [0.1, 0.15) is 5.75 Å². The molecule has 2 aromatic rings. The van der Waals surface area contributed by atoms with E-state index in [0.29, 0.717) is 24.8 Å². The standard InChI is InChI=1S/C24H28N4O2/c29-24(26-23-10-5-13-25-27-23)28-14-11-19(12-15-28)16-21-8-4-9-22(17-21)30-18-20-6-2-1-3-7-20/h1-2,4-5,8-10,13,16-17,20H,3,6-7,11-12,14-15,18H2,(H,26,27,29). The summed E-state index contributed by atoms with van der Waals surface area (Å²) >= 11 is 0. The number of benzene rings is 1. The topological polar surface area (TPSA) is 67.4 Å². The van der Waals surface area contributed by atoms with E-state index in [2.05, 4.69) is 45.9 Å². The molecule has 1 aromatic carbocycles. The van der Waals surface area contributed by atoms with Crippen LogP contribution in [0.3, 0.4) is 0 Å². The molecule has 1 saturated heterocycles. The maximum atomic E-state index is 12.4. The molecule has 1 aliphatic carbocycles. The number of carbonyl (C=O) groups excluding carboxylic acids is 1. The Labute approximate surface area is 177 Å². The van der Waals surface area contributed by atoms with E-state index in [1.54, 1.807) is 18.3 Å². The molecule has 156 valence electrons. The minimum absolute atomic E-state index is 0.123. The average molecular weight is 405 g/mol. The summed E-state index contributed by atoms with van der Waals surface area (Å²) in [5, 5.41) is 10.5. The van der Waals surface area contributed by atoms with Crippen LogP contribution in [0.25, 0.3) is 6.08 Å². The van der Waals surface area contributed by atoms with Gasteiger partial charge in [-0.1, -0.05) is 35.9 Å². The van der Waals surface area contributed by atoms with Crippen LogP contribution in [0.15, 0.2) is 60.3 Å². The van der Waals surface area contributed by atoms with E-state index in [1.807, 2.05) is 17.0 Å². The van der Waals surface area contributed by atoms with Crippen LogP contribution in [-0.2, 0) is 0 Å². The largest absolute Gasteiger partial charge is 0.493 e. The fraction of sp³-hybridized carbons (Fsp3) is 0.375. The third-order valence-corrected chi connectivity index (χ3v) is 5.59. The van der Waals surface area contributed by atoms with E-state index in [9.17, 15) is 4.79 Å². The molecule has 0 saturated carbocycles. The Morgan fingerprint density at radius 3 is 2.87 bits per heavy atom. The zero-order valence-electron chi connectivity index (χ0n) is 17.2. The lowest BCUT2D eigenvalue weighted by Gasteiger charge is -2.28. The minimum Gasteiger partial charge on any atom is -0.493 e. The summed E-state index contributed by atoms with van der Waals surface area (Å²) in [5.74, 6) is 2.03. The van der Waals surface area contributed by atoms with Gasteiger partial charge in [0.25, 0.3) is 0 Å². The van der Waals surface area contributed by atoms with Gasteiger partial charge < -0.3 is 9.64 Å². The van der Waals surface area contributed by atoms with Gasteiger partial charge in [0.15, 0.2) is 5.82 Å². The molecule has 1 N–H and O–H groups in total. The second kappa shape index (κ2) is 10.1. The lowest BCUT2D eigenvalue weighted by atomic mass is 9.95. The van der Waals surface area contributed by atoms with E-state index in [-0.39, 0.29) is 6.03 Å². The number of piperidine rings is 1. The van der Waals surface area contributed by atoms with Crippen LogP contribution >= 0.6 is 0 Å². The lowest BCUT2D eigenvalue weighted by Crippen LogP contribution is -2.39. The van der Waals surface area contributed by atoms with Crippen molar-refractivity contribution in [2.75, 3.05) is 25.0 Å². The number of amides is 2. The molecule has 4 rings (SSSR count). The molecule has 1 unspecified atom stereocenters. The van der Waals surface area contributed by atoms with Crippen molar-refractivity contribution in [1.29, 1.82) is 0 Å². The average Bonchev–Trinajstić information content (AvgIpc) is 2.80. The van der Waals surface area contributed by atoms with Crippen molar-refractivity contribution >= 4 is 17.9 Å². The maximum absolute atomic E-state index is 12.4. The Morgan fingerprint density at radius 1 is 1.20 bits per heavy atom. The second-order valence-corrected chi connectivity index (χ2v) is 7.86. The Bertz CT molecular complexity index is 900. The number of hydrogen-bond donors (Lipinski definition) is 1. The van der Waals surface area contributed by atoms with Gasteiger partial charge in [0, 0.05) is 19.3 Å². The maximum Gasteiger partial charge on any atom is 0.323 e. The molecule has 6 heteroatoms. The first-order chi connectivity index (χ1) is 14.8. The number of allylic oxidation sites excluding steroid dienone is 2. The van der Waals surface area contributed by atoms with Gasteiger partial charge >= 0.3 is 6.03 Å². The quantitative estimate of drug-likeness (QED) is 0.718. The smallest absolute Gasteiger partial charge is 0.323 e. The van der Waals surface area contributed by atoms with E-state index < -0.39 is 0 Å². The number of anilines is 1. The summed E-state index contributed by atoms with van der Waals surface area (Å²) in [6, 6.07) is 11.7. The van der Waals surface area contributed by atoms with Gasteiger partial charge in [-0.2, -0.15) is 5.10 Å². The number of rotatable bonds is 5. The molecule has 6 nitrogen and oxygen atoms in total. The van der Waals surface area contributed by atoms with Crippen molar-refractivity contribution in [3.8, 4) is 5.75 Å². The van der Waals surface area contributed by atoms with Gasteiger partial charge in [-0.15, -0.1) is 5.10 Å². The molecule has 0 radical (unpaired) electrons. The van der Waals surface area contributed by atoms with Crippen molar-refractivity contribution in [3.63, 3.8) is 0 Å². The molecule has 0 spiro atoms. The van der Waals surface area contributed by atoms with Gasteiger partial charge in [-0.05, 0) is 67.9 Å². The Kier molecular flexibility index (Phi) is 6.75. The van der Waals surface area contributed by atoms with Gasteiger partial charge in [0.05, 0.1) is 6.61 Å². The van der Waals surface area contributed by atoms with E-state index in [1.165, 1.54) is 12.0 Å². The Hall–Kier alpha value is -3.15. The van der Waals surface area contributed by atoms with Gasteiger partial charge in [0.2, 0.25) is 0 Å². The number of urea groups is 1. The van der Waals surface area contributed by atoms with Crippen LogP contribution in [0, 0.1) is 5.92 Å². The molecular formula is C24H28N4O2. The highest BCUT2D eigenvalue weighted by Crippen LogP contribution is 2.24. The number of nitrogens with one attached hydrogen (secondary N) is 1.